The van der Waals surface area contributed by atoms with Crippen molar-refractivity contribution in [3.05, 3.63) is 21.9 Å². The minimum absolute atomic E-state index is 0.0538. The average Bonchev–Trinajstić information content (AvgIpc) is 2.78. The summed E-state index contributed by atoms with van der Waals surface area (Å²) in [6, 6.07) is 2.31. The smallest absolute Gasteiger partial charge is 0.152 e. The van der Waals surface area contributed by atoms with Gasteiger partial charge < -0.3 is 5.73 Å². The Morgan fingerprint density at radius 1 is 1.42 bits per heavy atom. The van der Waals surface area contributed by atoms with Gasteiger partial charge in [-0.05, 0) is 30.4 Å². The van der Waals surface area contributed by atoms with Crippen LogP contribution in [0.4, 0.5) is 0 Å². The van der Waals surface area contributed by atoms with Crippen molar-refractivity contribution in [1.82, 2.24) is 4.90 Å². The maximum Gasteiger partial charge on any atom is 0.152 e. The van der Waals surface area contributed by atoms with E-state index >= 15 is 0 Å². The van der Waals surface area contributed by atoms with Crippen LogP contribution in [0, 0.1) is 6.92 Å². The zero-order valence-corrected chi connectivity index (χ0v) is 13.1. The molecule has 0 bridgehead atoms. The Bertz CT molecular complexity index is 511. The van der Waals surface area contributed by atoms with Gasteiger partial charge in [-0.15, -0.1) is 11.3 Å². The fraction of sp³-hybridized carbons (Fsp3) is 0.692. The number of thiophene rings is 1. The number of nitrogens with two attached hydrogens (primary N) is 1. The van der Waals surface area contributed by atoms with Gasteiger partial charge in [0, 0.05) is 24.0 Å². The molecule has 4 nitrogen and oxygen atoms in total. The lowest BCUT2D eigenvalue weighted by atomic mass is 10.0. The van der Waals surface area contributed by atoms with E-state index in [1.807, 2.05) is 0 Å². The van der Waals surface area contributed by atoms with Crippen LogP contribution in [0.3, 0.4) is 0 Å². The fourth-order valence-electron chi connectivity index (χ4n) is 2.55. The van der Waals surface area contributed by atoms with E-state index in [1.165, 1.54) is 10.4 Å². The van der Waals surface area contributed by atoms with Crippen LogP contribution in [0.25, 0.3) is 0 Å². The molecule has 2 N–H and O–H groups in total. The molecule has 1 aliphatic heterocycles. The molecule has 1 fully saturated rings. The molecule has 6 heteroatoms. The van der Waals surface area contributed by atoms with Crippen molar-refractivity contribution in [2.75, 3.05) is 24.6 Å². The van der Waals surface area contributed by atoms with Gasteiger partial charge >= 0.3 is 0 Å². The Kier molecular flexibility index (Phi) is 4.66. The van der Waals surface area contributed by atoms with Gasteiger partial charge in [0.1, 0.15) is 0 Å². The number of aryl methyl sites for hydroxylation is 1. The second-order valence-electron chi connectivity index (χ2n) is 5.17. The summed E-state index contributed by atoms with van der Waals surface area (Å²) in [5.41, 5.74) is 7.55. The summed E-state index contributed by atoms with van der Waals surface area (Å²) in [7, 11) is -2.84. The van der Waals surface area contributed by atoms with Gasteiger partial charge in [0.05, 0.1) is 17.5 Å². The summed E-state index contributed by atoms with van der Waals surface area (Å²) < 4.78 is 23.1. The van der Waals surface area contributed by atoms with Crippen molar-refractivity contribution in [2.24, 2.45) is 5.73 Å². The maximum absolute atomic E-state index is 11.6. The van der Waals surface area contributed by atoms with Crippen molar-refractivity contribution in [3.63, 3.8) is 0 Å². The fourth-order valence-corrected chi connectivity index (χ4v) is 4.91. The summed E-state index contributed by atoms with van der Waals surface area (Å²) in [5.74, 6) is 0.509. The van der Waals surface area contributed by atoms with Crippen molar-refractivity contribution in [2.45, 2.75) is 32.4 Å². The minimum Gasteiger partial charge on any atom is -0.326 e. The Balaban J connectivity index is 2.22. The molecule has 0 aromatic carbocycles. The lowest BCUT2D eigenvalue weighted by molar-refractivity contribution is 0.185. The molecule has 1 saturated heterocycles. The monoisotopic (exact) mass is 302 g/mol. The molecule has 0 spiro atoms. The largest absolute Gasteiger partial charge is 0.326 e. The number of hydrogen-bond acceptors (Lipinski definition) is 5. The third-order valence-electron chi connectivity index (χ3n) is 3.82. The van der Waals surface area contributed by atoms with Gasteiger partial charge in [-0.25, -0.2) is 8.42 Å². The molecular weight excluding hydrogens is 280 g/mol. The highest BCUT2D eigenvalue weighted by Crippen LogP contribution is 2.32. The maximum atomic E-state index is 11.6. The van der Waals surface area contributed by atoms with Crippen molar-refractivity contribution < 1.29 is 8.42 Å². The number of sulfone groups is 1. The lowest BCUT2D eigenvalue weighted by Gasteiger charge is -2.37. The van der Waals surface area contributed by atoms with Crippen LogP contribution < -0.4 is 5.73 Å². The molecular formula is C13H22N2O2S2. The predicted molar refractivity (Wildman–Crippen MR) is 80.3 cm³/mol. The molecule has 2 unspecified atom stereocenters. The van der Waals surface area contributed by atoms with E-state index in [0.29, 0.717) is 13.1 Å². The Morgan fingerprint density at radius 3 is 2.53 bits per heavy atom. The van der Waals surface area contributed by atoms with E-state index in [9.17, 15) is 8.42 Å². The Morgan fingerprint density at radius 2 is 2.05 bits per heavy atom. The van der Waals surface area contributed by atoms with Crippen LogP contribution in [0.15, 0.2) is 11.4 Å². The van der Waals surface area contributed by atoms with E-state index < -0.39 is 9.84 Å². The first-order chi connectivity index (χ1) is 8.94. The van der Waals surface area contributed by atoms with Crippen LogP contribution >= 0.6 is 11.3 Å². The normalized spacial score (nSPS) is 23.1. The summed E-state index contributed by atoms with van der Waals surface area (Å²) in [4.78, 5) is 3.53. The molecule has 108 valence electrons. The second kappa shape index (κ2) is 5.91. The zero-order chi connectivity index (χ0) is 14.0. The van der Waals surface area contributed by atoms with Crippen LogP contribution in [0.2, 0.25) is 0 Å². The van der Waals surface area contributed by atoms with E-state index in [-0.39, 0.29) is 23.6 Å². The topological polar surface area (TPSA) is 63.4 Å². The molecule has 1 aliphatic rings. The lowest BCUT2D eigenvalue weighted by Crippen LogP contribution is -2.47. The summed E-state index contributed by atoms with van der Waals surface area (Å²) in [6.07, 6.45) is 0.894. The summed E-state index contributed by atoms with van der Waals surface area (Å²) in [6.45, 7) is 5.37. The quantitative estimate of drug-likeness (QED) is 0.917. The van der Waals surface area contributed by atoms with E-state index in [1.54, 1.807) is 11.3 Å². The third-order valence-corrected chi connectivity index (χ3v) is 6.52. The zero-order valence-electron chi connectivity index (χ0n) is 11.5. The van der Waals surface area contributed by atoms with Gasteiger partial charge in [-0.3, -0.25) is 4.90 Å². The highest BCUT2D eigenvalue weighted by Gasteiger charge is 2.32. The number of hydrogen-bond donors (Lipinski definition) is 1. The van der Waals surface area contributed by atoms with Gasteiger partial charge in [-0.1, -0.05) is 6.92 Å². The van der Waals surface area contributed by atoms with Gasteiger partial charge in [0.15, 0.2) is 9.84 Å². The molecule has 2 heterocycles. The average molecular weight is 302 g/mol. The predicted octanol–water partition coefficient (Wildman–Crippen LogP) is 1.57. The first-order valence-corrected chi connectivity index (χ1v) is 9.38. The standard InChI is InChI=1S/C13H22N2O2S2/c1-3-11(14)12(13-10(2)4-7-18-13)15-5-8-19(16,17)9-6-15/h4,7,11-12H,3,5-6,8-9,14H2,1-2H3. The molecule has 0 aliphatic carbocycles. The van der Waals surface area contributed by atoms with Crippen LogP contribution in [-0.4, -0.2) is 44.0 Å². The van der Waals surface area contributed by atoms with Crippen LogP contribution in [0.1, 0.15) is 29.8 Å². The number of nitrogens with zero attached hydrogens (tertiary/aromatic N) is 1. The molecule has 2 atom stereocenters. The highest BCUT2D eigenvalue weighted by molar-refractivity contribution is 7.91. The Hall–Kier alpha value is -0.430. The van der Waals surface area contributed by atoms with Crippen LogP contribution in [0.5, 0.6) is 0 Å². The van der Waals surface area contributed by atoms with Gasteiger partial charge in [0.2, 0.25) is 0 Å². The number of rotatable bonds is 4. The van der Waals surface area contributed by atoms with Crippen LogP contribution in [-0.2, 0) is 9.84 Å². The molecule has 1 aromatic rings. The molecule has 0 amide bonds. The SMILES string of the molecule is CCC(N)C(c1sccc1C)N1CCS(=O)(=O)CC1. The molecule has 19 heavy (non-hydrogen) atoms. The second-order valence-corrected chi connectivity index (χ2v) is 8.42. The minimum atomic E-state index is -2.84. The van der Waals surface area contributed by atoms with Crippen molar-refractivity contribution >= 4 is 21.2 Å². The first-order valence-electron chi connectivity index (χ1n) is 6.68. The summed E-state index contributed by atoms with van der Waals surface area (Å²) in [5, 5.41) is 2.08. The van der Waals surface area contributed by atoms with E-state index in [0.717, 1.165) is 6.42 Å². The highest BCUT2D eigenvalue weighted by atomic mass is 32.2. The summed E-state index contributed by atoms with van der Waals surface area (Å²) >= 11 is 1.72. The third kappa shape index (κ3) is 3.37. The first kappa shape index (κ1) is 15.0. The van der Waals surface area contributed by atoms with E-state index in [2.05, 4.69) is 30.2 Å². The van der Waals surface area contributed by atoms with E-state index in [4.69, 9.17) is 5.73 Å². The molecule has 0 radical (unpaired) electrons. The molecule has 1 aromatic heterocycles. The van der Waals surface area contributed by atoms with Gasteiger partial charge in [-0.2, -0.15) is 0 Å². The molecule has 0 saturated carbocycles. The Labute approximate surface area is 119 Å². The van der Waals surface area contributed by atoms with Gasteiger partial charge in [0.25, 0.3) is 0 Å². The van der Waals surface area contributed by atoms with Crippen molar-refractivity contribution in [1.29, 1.82) is 0 Å². The van der Waals surface area contributed by atoms with Crippen molar-refractivity contribution in [3.8, 4) is 0 Å². The molecule has 2 rings (SSSR count).